The van der Waals surface area contributed by atoms with Gasteiger partial charge in [0.15, 0.2) is 0 Å². The lowest BCUT2D eigenvalue weighted by molar-refractivity contribution is 0.0409. The largest absolute Gasteiger partial charge is 0.496 e. The molecule has 2 N–H and O–H groups in total. The van der Waals surface area contributed by atoms with E-state index in [0.29, 0.717) is 6.54 Å². The van der Waals surface area contributed by atoms with Gasteiger partial charge in [0.1, 0.15) is 11.3 Å². The van der Waals surface area contributed by atoms with Crippen molar-refractivity contribution in [2.75, 3.05) is 7.11 Å². The van der Waals surface area contributed by atoms with Gasteiger partial charge < -0.3 is 9.72 Å². The van der Waals surface area contributed by atoms with Crippen molar-refractivity contribution >= 4 is 10.9 Å². The number of hydrazine groups is 1. The van der Waals surface area contributed by atoms with Crippen molar-refractivity contribution in [2.45, 2.75) is 31.5 Å². The van der Waals surface area contributed by atoms with Crippen LogP contribution in [0, 0.1) is 0 Å². The summed E-state index contributed by atoms with van der Waals surface area (Å²) in [4.78, 5) is 3.48. The van der Waals surface area contributed by atoms with Gasteiger partial charge in [-0.25, -0.2) is 10.4 Å². The number of fused-ring (bicyclic) bond motifs is 1. The molecule has 4 heteroatoms. The molecule has 0 saturated heterocycles. The zero-order valence-corrected chi connectivity index (χ0v) is 24.2. The number of rotatable bonds is 11. The Balaban J connectivity index is 1.55. The van der Waals surface area contributed by atoms with E-state index in [4.69, 9.17) is 4.74 Å². The Hall–Kier alpha value is -4.64. The average Bonchev–Trinajstić information content (AvgIpc) is 3.47. The van der Waals surface area contributed by atoms with Crippen LogP contribution in [0.15, 0.2) is 146 Å². The molecule has 0 amide bonds. The van der Waals surface area contributed by atoms with E-state index in [1.165, 1.54) is 27.6 Å². The molecule has 5 aromatic carbocycles. The molecule has 0 spiro atoms. The molecule has 6 aromatic rings. The van der Waals surface area contributed by atoms with Crippen LogP contribution in [0.3, 0.4) is 0 Å². The summed E-state index contributed by atoms with van der Waals surface area (Å²) in [5, 5.41) is 3.74. The summed E-state index contributed by atoms with van der Waals surface area (Å²) in [5.74, 6) is 0.874. The lowest BCUT2D eigenvalue weighted by Crippen LogP contribution is -2.59. The van der Waals surface area contributed by atoms with Crippen molar-refractivity contribution in [1.82, 2.24) is 15.4 Å². The molecule has 210 valence electrons. The second-order valence-electron chi connectivity index (χ2n) is 10.7. The Morgan fingerprint density at radius 3 is 1.79 bits per heavy atom. The molecule has 0 radical (unpaired) electrons. The van der Waals surface area contributed by atoms with Crippen LogP contribution < -0.4 is 10.2 Å². The summed E-state index contributed by atoms with van der Waals surface area (Å²) in [5.41, 5.74) is 10.5. The Morgan fingerprint density at radius 2 is 1.19 bits per heavy atom. The molecule has 0 bridgehead atoms. The highest BCUT2D eigenvalue weighted by Gasteiger charge is 2.44. The van der Waals surface area contributed by atoms with Crippen molar-refractivity contribution in [3.63, 3.8) is 0 Å². The standard InChI is InChI=1S/C38H37N3O/c1-29(26-31-27-39-36-24-14-13-23-35(31)36)41(40-28-30-16-12-15-25-37(30)42-2)38(32-17-6-3-7-18-32,33-19-8-4-9-20-33)34-21-10-5-11-22-34/h3-25,27,29,39-40H,26,28H2,1-2H3/t29-/m1/s1. The molecular weight excluding hydrogens is 514 g/mol. The zero-order chi connectivity index (χ0) is 28.8. The van der Waals surface area contributed by atoms with E-state index >= 15 is 0 Å². The quantitative estimate of drug-likeness (QED) is 0.126. The van der Waals surface area contributed by atoms with Crippen molar-refractivity contribution in [2.24, 2.45) is 0 Å². The van der Waals surface area contributed by atoms with E-state index in [0.717, 1.165) is 23.3 Å². The number of methoxy groups -OCH3 is 1. The Morgan fingerprint density at radius 1 is 0.667 bits per heavy atom. The van der Waals surface area contributed by atoms with Crippen molar-refractivity contribution in [3.05, 3.63) is 174 Å². The molecule has 1 heterocycles. The fourth-order valence-electron chi connectivity index (χ4n) is 6.29. The number of H-pyrrole nitrogens is 1. The number of benzene rings is 5. The van der Waals surface area contributed by atoms with Crippen molar-refractivity contribution < 1.29 is 4.74 Å². The van der Waals surface area contributed by atoms with E-state index in [1.54, 1.807) is 7.11 Å². The third kappa shape index (κ3) is 5.23. The van der Waals surface area contributed by atoms with Gasteiger partial charge in [0.2, 0.25) is 0 Å². The first-order valence-electron chi connectivity index (χ1n) is 14.6. The summed E-state index contributed by atoms with van der Waals surface area (Å²) in [7, 11) is 1.73. The van der Waals surface area contributed by atoms with Gasteiger partial charge >= 0.3 is 0 Å². The summed E-state index contributed by atoms with van der Waals surface area (Å²) >= 11 is 0. The number of para-hydroxylation sites is 2. The second-order valence-corrected chi connectivity index (χ2v) is 10.7. The van der Waals surface area contributed by atoms with Crippen LogP contribution in [-0.2, 0) is 18.5 Å². The Kier molecular flexibility index (Phi) is 8.18. The highest BCUT2D eigenvalue weighted by molar-refractivity contribution is 5.83. The van der Waals surface area contributed by atoms with E-state index < -0.39 is 5.54 Å². The van der Waals surface area contributed by atoms with E-state index in [-0.39, 0.29) is 6.04 Å². The Bertz CT molecular complexity index is 1620. The molecule has 1 atom stereocenters. The van der Waals surface area contributed by atoms with Crippen LogP contribution in [0.1, 0.15) is 34.7 Å². The van der Waals surface area contributed by atoms with Gasteiger partial charge in [-0.05, 0) is 47.7 Å². The first kappa shape index (κ1) is 27.5. The van der Waals surface area contributed by atoms with Crippen LogP contribution in [0.2, 0.25) is 0 Å². The minimum atomic E-state index is -0.628. The van der Waals surface area contributed by atoms with E-state index in [2.05, 4.69) is 156 Å². The fraction of sp³-hybridized carbons (Fsp3) is 0.158. The number of ether oxygens (including phenoxy) is 1. The molecule has 42 heavy (non-hydrogen) atoms. The van der Waals surface area contributed by atoms with Crippen LogP contribution in [0.4, 0.5) is 0 Å². The fourth-order valence-corrected chi connectivity index (χ4v) is 6.29. The van der Waals surface area contributed by atoms with Crippen molar-refractivity contribution in [1.29, 1.82) is 0 Å². The first-order valence-corrected chi connectivity index (χ1v) is 14.6. The normalized spacial score (nSPS) is 12.5. The Labute approximate surface area is 248 Å². The number of nitrogens with one attached hydrogen (secondary N) is 2. The summed E-state index contributed by atoms with van der Waals surface area (Å²) in [6.45, 7) is 2.93. The molecule has 0 aliphatic rings. The number of aromatic amines is 1. The highest BCUT2D eigenvalue weighted by atomic mass is 16.5. The van der Waals surface area contributed by atoms with Gasteiger partial charge in [-0.3, -0.25) is 0 Å². The van der Waals surface area contributed by atoms with Gasteiger partial charge in [-0.15, -0.1) is 0 Å². The topological polar surface area (TPSA) is 40.3 Å². The maximum Gasteiger partial charge on any atom is 0.123 e. The van der Waals surface area contributed by atoms with E-state index in [1.807, 2.05) is 12.1 Å². The molecule has 0 aliphatic heterocycles. The van der Waals surface area contributed by atoms with Gasteiger partial charge in [0.25, 0.3) is 0 Å². The SMILES string of the molecule is COc1ccccc1CNN([C@H](C)Cc1c[nH]c2ccccc12)C(c1ccccc1)(c1ccccc1)c1ccccc1. The van der Waals surface area contributed by atoms with Gasteiger partial charge in [0.05, 0.1) is 7.11 Å². The summed E-state index contributed by atoms with van der Waals surface area (Å²) < 4.78 is 5.75. The van der Waals surface area contributed by atoms with E-state index in [9.17, 15) is 0 Å². The molecular formula is C38H37N3O. The smallest absolute Gasteiger partial charge is 0.123 e. The first-order chi connectivity index (χ1) is 20.7. The monoisotopic (exact) mass is 551 g/mol. The number of nitrogens with zero attached hydrogens (tertiary/aromatic N) is 1. The summed E-state index contributed by atoms with van der Waals surface area (Å²) in [6, 6.07) is 49.4. The summed E-state index contributed by atoms with van der Waals surface area (Å²) in [6.07, 6.45) is 3.01. The minimum absolute atomic E-state index is 0.0829. The molecule has 6 rings (SSSR count). The minimum Gasteiger partial charge on any atom is -0.496 e. The zero-order valence-electron chi connectivity index (χ0n) is 24.2. The van der Waals surface area contributed by atoms with Crippen LogP contribution >= 0.6 is 0 Å². The molecule has 0 saturated carbocycles. The van der Waals surface area contributed by atoms with Gasteiger partial charge in [-0.2, -0.15) is 0 Å². The lowest BCUT2D eigenvalue weighted by Gasteiger charge is -2.48. The number of hydrogen-bond acceptors (Lipinski definition) is 3. The van der Waals surface area contributed by atoms with Crippen LogP contribution in [0.25, 0.3) is 10.9 Å². The number of hydrogen-bond donors (Lipinski definition) is 2. The third-order valence-corrected chi connectivity index (χ3v) is 8.20. The number of aromatic nitrogens is 1. The van der Waals surface area contributed by atoms with Crippen LogP contribution in [0.5, 0.6) is 5.75 Å². The predicted molar refractivity (Wildman–Crippen MR) is 172 cm³/mol. The predicted octanol–water partition coefficient (Wildman–Crippen LogP) is 8.11. The lowest BCUT2D eigenvalue weighted by atomic mass is 9.75. The highest BCUT2D eigenvalue weighted by Crippen LogP contribution is 2.43. The third-order valence-electron chi connectivity index (χ3n) is 8.20. The second kappa shape index (κ2) is 12.5. The van der Waals surface area contributed by atoms with Crippen molar-refractivity contribution in [3.8, 4) is 5.75 Å². The average molecular weight is 552 g/mol. The molecule has 4 nitrogen and oxygen atoms in total. The molecule has 0 aliphatic carbocycles. The maximum atomic E-state index is 5.75. The van der Waals surface area contributed by atoms with Crippen LogP contribution in [-0.4, -0.2) is 23.1 Å². The molecule has 1 aromatic heterocycles. The molecule has 0 fully saturated rings. The van der Waals surface area contributed by atoms with Gasteiger partial charge in [0, 0.05) is 35.2 Å². The maximum absolute atomic E-state index is 5.75. The molecule has 0 unspecified atom stereocenters. The van der Waals surface area contributed by atoms with Gasteiger partial charge in [-0.1, -0.05) is 127 Å².